The molecule has 94 valence electrons. The zero-order valence-electron chi connectivity index (χ0n) is 9.12. The number of anilines is 2. The molecule has 6 heteroatoms. The summed E-state index contributed by atoms with van der Waals surface area (Å²) >= 11 is 0. The Hall–Kier alpha value is -2.76. The van der Waals surface area contributed by atoms with Gasteiger partial charge in [-0.15, -0.1) is 0 Å². The van der Waals surface area contributed by atoms with Crippen molar-refractivity contribution in [2.24, 2.45) is 0 Å². The Balaban J connectivity index is 2.37. The van der Waals surface area contributed by atoms with Crippen molar-refractivity contribution in [2.45, 2.75) is 0 Å². The average molecular weight is 249 g/mol. The molecular formula is C12H11NO5. The highest BCUT2D eigenvalue weighted by molar-refractivity contribution is 5.72. The van der Waals surface area contributed by atoms with Crippen LogP contribution in [0.3, 0.4) is 0 Å². The topological polar surface area (TPSA) is 113 Å². The van der Waals surface area contributed by atoms with Gasteiger partial charge in [-0.25, -0.2) is 0 Å². The van der Waals surface area contributed by atoms with Gasteiger partial charge in [-0.05, 0) is 12.1 Å². The SMILES string of the molecule is Oc1cc(O)cc(Nc2ccc(O)c(O)c2O)c1. The molecule has 0 saturated carbocycles. The van der Waals surface area contributed by atoms with E-state index in [0.717, 1.165) is 6.07 Å². The normalized spacial score (nSPS) is 10.2. The molecule has 0 atom stereocenters. The number of nitrogens with one attached hydrogen (secondary N) is 1. The summed E-state index contributed by atoms with van der Waals surface area (Å²) in [5.41, 5.74) is 0.434. The second-order valence-corrected chi connectivity index (χ2v) is 3.69. The van der Waals surface area contributed by atoms with Crippen molar-refractivity contribution in [1.29, 1.82) is 0 Å². The van der Waals surface area contributed by atoms with E-state index in [1.165, 1.54) is 24.3 Å². The van der Waals surface area contributed by atoms with E-state index in [1.54, 1.807) is 0 Å². The molecule has 0 spiro atoms. The van der Waals surface area contributed by atoms with Crippen LogP contribution in [0.5, 0.6) is 28.7 Å². The fourth-order valence-electron chi connectivity index (χ4n) is 1.49. The van der Waals surface area contributed by atoms with E-state index in [9.17, 15) is 20.4 Å². The van der Waals surface area contributed by atoms with E-state index in [1.807, 2.05) is 0 Å². The Kier molecular flexibility index (Phi) is 2.77. The van der Waals surface area contributed by atoms with Gasteiger partial charge in [0.2, 0.25) is 5.75 Å². The summed E-state index contributed by atoms with van der Waals surface area (Å²) in [6.45, 7) is 0. The number of rotatable bonds is 2. The molecular weight excluding hydrogens is 238 g/mol. The minimum absolute atomic E-state index is 0.121. The molecule has 6 nitrogen and oxygen atoms in total. The maximum atomic E-state index is 9.58. The van der Waals surface area contributed by atoms with E-state index in [-0.39, 0.29) is 17.2 Å². The zero-order valence-corrected chi connectivity index (χ0v) is 9.12. The van der Waals surface area contributed by atoms with Crippen LogP contribution in [0.1, 0.15) is 0 Å². The number of benzene rings is 2. The van der Waals surface area contributed by atoms with Crippen LogP contribution in [0, 0.1) is 0 Å². The van der Waals surface area contributed by atoms with Crippen molar-refractivity contribution in [3.8, 4) is 28.7 Å². The quantitative estimate of drug-likeness (QED) is 0.358. The summed E-state index contributed by atoms with van der Waals surface area (Å²) in [5.74, 6) is -1.93. The van der Waals surface area contributed by atoms with Gasteiger partial charge < -0.3 is 30.8 Å². The van der Waals surface area contributed by atoms with Crippen molar-refractivity contribution < 1.29 is 25.5 Å². The van der Waals surface area contributed by atoms with Gasteiger partial charge in [0.05, 0.1) is 5.69 Å². The maximum Gasteiger partial charge on any atom is 0.202 e. The van der Waals surface area contributed by atoms with Crippen molar-refractivity contribution in [1.82, 2.24) is 0 Å². The fraction of sp³-hybridized carbons (Fsp3) is 0. The van der Waals surface area contributed by atoms with E-state index in [4.69, 9.17) is 5.11 Å². The lowest BCUT2D eigenvalue weighted by Gasteiger charge is -2.10. The molecule has 0 aliphatic heterocycles. The number of phenolic OH excluding ortho intramolecular Hbond substituents is 5. The largest absolute Gasteiger partial charge is 0.508 e. The molecule has 2 aromatic carbocycles. The lowest BCUT2D eigenvalue weighted by Crippen LogP contribution is -1.90. The summed E-state index contributed by atoms with van der Waals surface area (Å²) in [5, 5.41) is 49.3. The predicted octanol–water partition coefficient (Wildman–Crippen LogP) is 1.96. The predicted molar refractivity (Wildman–Crippen MR) is 64.5 cm³/mol. The molecule has 6 N–H and O–H groups in total. The molecule has 0 aromatic heterocycles. The zero-order chi connectivity index (χ0) is 13.3. The summed E-state index contributed by atoms with van der Waals surface area (Å²) in [6, 6.07) is 6.33. The van der Waals surface area contributed by atoms with Gasteiger partial charge in [0.25, 0.3) is 0 Å². The summed E-state index contributed by atoms with van der Waals surface area (Å²) in [6.07, 6.45) is 0. The van der Waals surface area contributed by atoms with Gasteiger partial charge in [0.15, 0.2) is 11.5 Å². The Labute approximate surface area is 102 Å². The Morgan fingerprint density at radius 1 is 0.722 bits per heavy atom. The first-order valence-electron chi connectivity index (χ1n) is 5.01. The molecule has 0 saturated heterocycles. The van der Waals surface area contributed by atoms with Gasteiger partial charge in [0.1, 0.15) is 11.5 Å². The number of hydrogen-bond donors (Lipinski definition) is 6. The minimum atomic E-state index is -0.649. The van der Waals surface area contributed by atoms with Crippen molar-refractivity contribution >= 4 is 11.4 Å². The number of phenols is 5. The molecule has 0 heterocycles. The van der Waals surface area contributed by atoms with E-state index in [0.29, 0.717) is 5.69 Å². The minimum Gasteiger partial charge on any atom is -0.508 e. The second kappa shape index (κ2) is 4.25. The van der Waals surface area contributed by atoms with Crippen LogP contribution in [0.15, 0.2) is 30.3 Å². The van der Waals surface area contributed by atoms with E-state index >= 15 is 0 Å². The highest BCUT2D eigenvalue weighted by Gasteiger charge is 2.11. The third kappa shape index (κ3) is 2.17. The van der Waals surface area contributed by atoms with E-state index in [2.05, 4.69) is 5.32 Å². The second-order valence-electron chi connectivity index (χ2n) is 3.69. The highest BCUT2D eigenvalue weighted by Crippen LogP contribution is 2.41. The van der Waals surface area contributed by atoms with Gasteiger partial charge in [0, 0.05) is 23.9 Å². The highest BCUT2D eigenvalue weighted by atomic mass is 16.3. The standard InChI is InChI=1S/C12H11NO5/c14-7-3-6(4-8(15)5-7)13-9-1-2-10(16)12(18)11(9)17/h1-5,13-18H. The van der Waals surface area contributed by atoms with Crippen molar-refractivity contribution in [2.75, 3.05) is 5.32 Å². The Bertz CT molecular complexity index is 577. The van der Waals surface area contributed by atoms with Gasteiger partial charge >= 0.3 is 0 Å². The van der Waals surface area contributed by atoms with Gasteiger partial charge in [-0.1, -0.05) is 0 Å². The van der Waals surface area contributed by atoms with E-state index < -0.39 is 17.2 Å². The molecule has 18 heavy (non-hydrogen) atoms. The van der Waals surface area contributed by atoms with Crippen LogP contribution in [-0.4, -0.2) is 25.5 Å². The van der Waals surface area contributed by atoms with Gasteiger partial charge in [-0.3, -0.25) is 0 Å². The van der Waals surface area contributed by atoms with Crippen LogP contribution in [-0.2, 0) is 0 Å². The maximum absolute atomic E-state index is 9.58. The Morgan fingerprint density at radius 2 is 1.33 bits per heavy atom. The molecule has 0 aliphatic rings. The molecule has 0 aliphatic carbocycles. The molecule has 2 rings (SSSR count). The lowest BCUT2D eigenvalue weighted by molar-refractivity contribution is 0.369. The van der Waals surface area contributed by atoms with Crippen molar-refractivity contribution in [3.05, 3.63) is 30.3 Å². The molecule has 0 amide bonds. The summed E-state index contributed by atoms with van der Waals surface area (Å²) in [7, 11) is 0. The molecule has 0 unspecified atom stereocenters. The average Bonchev–Trinajstić information content (AvgIpc) is 2.29. The smallest absolute Gasteiger partial charge is 0.202 e. The van der Waals surface area contributed by atoms with Crippen LogP contribution in [0.2, 0.25) is 0 Å². The first-order chi connectivity index (χ1) is 8.47. The number of aromatic hydroxyl groups is 5. The first kappa shape index (κ1) is 11.7. The van der Waals surface area contributed by atoms with Crippen LogP contribution in [0.25, 0.3) is 0 Å². The van der Waals surface area contributed by atoms with Crippen molar-refractivity contribution in [3.63, 3.8) is 0 Å². The summed E-state index contributed by atoms with van der Waals surface area (Å²) < 4.78 is 0. The van der Waals surface area contributed by atoms with Crippen LogP contribution >= 0.6 is 0 Å². The first-order valence-corrected chi connectivity index (χ1v) is 5.01. The molecule has 0 radical (unpaired) electrons. The number of hydrogen-bond acceptors (Lipinski definition) is 6. The molecule has 2 aromatic rings. The van der Waals surface area contributed by atoms with Crippen LogP contribution < -0.4 is 5.32 Å². The van der Waals surface area contributed by atoms with Crippen LogP contribution in [0.4, 0.5) is 11.4 Å². The molecule has 0 fully saturated rings. The third-order valence-corrected chi connectivity index (χ3v) is 2.31. The third-order valence-electron chi connectivity index (χ3n) is 2.31. The monoisotopic (exact) mass is 249 g/mol. The van der Waals surface area contributed by atoms with Gasteiger partial charge in [-0.2, -0.15) is 0 Å². The molecule has 0 bridgehead atoms. The lowest BCUT2D eigenvalue weighted by atomic mass is 10.2. The Morgan fingerprint density at radius 3 is 1.94 bits per heavy atom. The fourth-order valence-corrected chi connectivity index (χ4v) is 1.49. The summed E-state index contributed by atoms with van der Waals surface area (Å²) in [4.78, 5) is 0.